The fourth-order valence-electron chi connectivity index (χ4n) is 2.97. The van der Waals surface area contributed by atoms with Crippen LogP contribution in [-0.4, -0.2) is 19.1 Å². The van der Waals surface area contributed by atoms with E-state index in [-0.39, 0.29) is 5.97 Å². The molecule has 1 aromatic carbocycles. The molecule has 1 aliphatic carbocycles. The summed E-state index contributed by atoms with van der Waals surface area (Å²) >= 11 is 3.55. The van der Waals surface area contributed by atoms with Gasteiger partial charge in [0.15, 0.2) is 0 Å². The number of carbonyl (C=O) groups is 1. The Labute approximate surface area is 135 Å². The molecule has 3 nitrogen and oxygen atoms in total. The number of esters is 1. The van der Waals surface area contributed by atoms with Crippen LogP contribution in [0.15, 0.2) is 22.7 Å². The van der Waals surface area contributed by atoms with Crippen LogP contribution in [0.2, 0.25) is 0 Å². The second-order valence-corrected chi connectivity index (χ2v) is 6.75. The van der Waals surface area contributed by atoms with Crippen LogP contribution in [0.5, 0.6) is 0 Å². The van der Waals surface area contributed by atoms with Crippen LogP contribution in [0.25, 0.3) is 0 Å². The number of methoxy groups -OCH3 is 1. The first-order valence-electron chi connectivity index (χ1n) is 7.72. The van der Waals surface area contributed by atoms with Crippen LogP contribution in [0.1, 0.15) is 54.9 Å². The summed E-state index contributed by atoms with van der Waals surface area (Å²) in [6.07, 6.45) is 6.63. The summed E-state index contributed by atoms with van der Waals surface area (Å²) in [6, 6.07) is 6.24. The lowest BCUT2D eigenvalue weighted by Gasteiger charge is -2.23. The minimum Gasteiger partial charge on any atom is -0.465 e. The van der Waals surface area contributed by atoms with Crippen molar-refractivity contribution in [2.24, 2.45) is 5.92 Å². The third kappa shape index (κ3) is 4.55. The zero-order valence-electron chi connectivity index (χ0n) is 12.8. The molecule has 0 aromatic heterocycles. The van der Waals surface area contributed by atoms with Gasteiger partial charge in [0.2, 0.25) is 0 Å². The van der Waals surface area contributed by atoms with Gasteiger partial charge in [-0.2, -0.15) is 0 Å². The predicted octanol–water partition coefficient (Wildman–Crippen LogP) is 4.29. The number of carbonyl (C=O) groups excluding carboxylic acids is 1. The van der Waals surface area contributed by atoms with E-state index in [1.807, 2.05) is 18.2 Å². The highest BCUT2D eigenvalue weighted by atomic mass is 79.9. The number of nitrogens with one attached hydrogen (secondary N) is 1. The zero-order valence-corrected chi connectivity index (χ0v) is 14.4. The molecular weight excluding hydrogens is 330 g/mol. The summed E-state index contributed by atoms with van der Waals surface area (Å²) in [6.45, 7) is 3.18. The lowest BCUT2D eigenvalue weighted by atomic mass is 9.96. The fraction of sp³-hybridized carbons (Fsp3) is 0.588. The normalized spacial score (nSPS) is 22.6. The highest BCUT2D eigenvalue weighted by Crippen LogP contribution is 2.24. The molecule has 1 N–H and O–H groups in total. The van der Waals surface area contributed by atoms with Gasteiger partial charge in [-0.15, -0.1) is 0 Å². The van der Waals surface area contributed by atoms with Gasteiger partial charge < -0.3 is 10.1 Å². The number of rotatable bonds is 4. The van der Waals surface area contributed by atoms with Gasteiger partial charge in [0.1, 0.15) is 0 Å². The van der Waals surface area contributed by atoms with E-state index in [2.05, 4.69) is 28.2 Å². The monoisotopic (exact) mass is 353 g/mol. The van der Waals surface area contributed by atoms with E-state index in [0.717, 1.165) is 16.9 Å². The standard InChI is InChI=1S/C17H24BrNO2/c1-12-6-4-3-5-7-16(12)19-11-14-9-8-13(10-15(14)18)17(20)21-2/h8-10,12,16,19H,3-7,11H2,1-2H3. The molecule has 0 heterocycles. The SMILES string of the molecule is COC(=O)c1ccc(CNC2CCCCCC2C)c(Br)c1. The number of hydrogen-bond donors (Lipinski definition) is 1. The van der Waals surface area contributed by atoms with Gasteiger partial charge in [-0.3, -0.25) is 0 Å². The van der Waals surface area contributed by atoms with Crippen LogP contribution in [0.3, 0.4) is 0 Å². The Balaban J connectivity index is 1.98. The Morgan fingerprint density at radius 3 is 2.81 bits per heavy atom. The maximum atomic E-state index is 11.5. The molecular formula is C17H24BrNO2. The molecule has 116 valence electrons. The van der Waals surface area contributed by atoms with Crippen LogP contribution in [-0.2, 0) is 11.3 Å². The van der Waals surface area contributed by atoms with E-state index in [1.54, 1.807) is 0 Å². The molecule has 0 amide bonds. The first-order chi connectivity index (χ1) is 10.1. The molecule has 1 saturated carbocycles. The van der Waals surface area contributed by atoms with E-state index in [4.69, 9.17) is 4.74 Å². The average Bonchev–Trinajstić information content (AvgIpc) is 2.69. The minimum atomic E-state index is -0.299. The van der Waals surface area contributed by atoms with Crippen LogP contribution >= 0.6 is 15.9 Å². The molecule has 1 aliphatic rings. The summed E-state index contributed by atoms with van der Waals surface area (Å²) in [7, 11) is 1.40. The number of benzene rings is 1. The molecule has 0 spiro atoms. The Bertz CT molecular complexity index is 490. The summed E-state index contributed by atoms with van der Waals surface area (Å²) in [5, 5.41) is 3.68. The Hall–Kier alpha value is -0.870. The van der Waals surface area contributed by atoms with Crippen molar-refractivity contribution in [3.05, 3.63) is 33.8 Å². The maximum Gasteiger partial charge on any atom is 0.337 e. The van der Waals surface area contributed by atoms with Gasteiger partial charge >= 0.3 is 5.97 Å². The van der Waals surface area contributed by atoms with E-state index >= 15 is 0 Å². The second-order valence-electron chi connectivity index (χ2n) is 5.90. The molecule has 2 unspecified atom stereocenters. The molecule has 0 aliphatic heterocycles. The summed E-state index contributed by atoms with van der Waals surface area (Å²) < 4.78 is 5.70. The molecule has 0 saturated heterocycles. The van der Waals surface area contributed by atoms with Crippen molar-refractivity contribution < 1.29 is 9.53 Å². The van der Waals surface area contributed by atoms with Crippen molar-refractivity contribution in [3.63, 3.8) is 0 Å². The Kier molecular flexibility index (Phi) is 6.24. The summed E-state index contributed by atoms with van der Waals surface area (Å²) in [5.74, 6) is 0.438. The smallest absolute Gasteiger partial charge is 0.337 e. The molecule has 2 rings (SSSR count). The second kappa shape index (κ2) is 7.95. The Morgan fingerprint density at radius 1 is 1.33 bits per heavy atom. The topological polar surface area (TPSA) is 38.3 Å². The highest BCUT2D eigenvalue weighted by molar-refractivity contribution is 9.10. The maximum absolute atomic E-state index is 11.5. The van der Waals surface area contributed by atoms with Crippen molar-refractivity contribution in [2.75, 3.05) is 7.11 Å². The lowest BCUT2D eigenvalue weighted by Crippen LogP contribution is -2.33. The quantitative estimate of drug-likeness (QED) is 0.647. The molecule has 4 heteroatoms. The molecule has 21 heavy (non-hydrogen) atoms. The van der Waals surface area contributed by atoms with Crippen molar-refractivity contribution >= 4 is 21.9 Å². The molecule has 1 aromatic rings. The molecule has 2 atom stereocenters. The number of halogens is 1. The highest BCUT2D eigenvalue weighted by Gasteiger charge is 2.19. The zero-order chi connectivity index (χ0) is 15.2. The number of hydrogen-bond acceptors (Lipinski definition) is 3. The first-order valence-corrected chi connectivity index (χ1v) is 8.51. The van der Waals surface area contributed by atoms with Gasteiger partial charge in [0.25, 0.3) is 0 Å². The first kappa shape index (κ1) is 16.5. The van der Waals surface area contributed by atoms with Gasteiger partial charge in [-0.25, -0.2) is 4.79 Å². The average molecular weight is 354 g/mol. The van der Waals surface area contributed by atoms with Crippen molar-refractivity contribution in [1.29, 1.82) is 0 Å². The van der Waals surface area contributed by atoms with E-state index in [0.29, 0.717) is 11.6 Å². The third-order valence-electron chi connectivity index (χ3n) is 4.39. The van der Waals surface area contributed by atoms with Crippen LogP contribution < -0.4 is 5.32 Å². The van der Waals surface area contributed by atoms with Gasteiger partial charge in [-0.05, 0) is 36.5 Å². The van der Waals surface area contributed by atoms with Gasteiger partial charge in [0, 0.05) is 17.1 Å². The predicted molar refractivity (Wildman–Crippen MR) is 88.4 cm³/mol. The molecule has 0 radical (unpaired) electrons. The molecule has 1 fully saturated rings. The van der Waals surface area contributed by atoms with Crippen molar-refractivity contribution in [1.82, 2.24) is 5.32 Å². The van der Waals surface area contributed by atoms with Gasteiger partial charge in [0.05, 0.1) is 12.7 Å². The largest absolute Gasteiger partial charge is 0.465 e. The van der Waals surface area contributed by atoms with E-state index in [1.165, 1.54) is 44.8 Å². The lowest BCUT2D eigenvalue weighted by molar-refractivity contribution is 0.0600. The fourth-order valence-corrected chi connectivity index (χ4v) is 3.49. The minimum absolute atomic E-state index is 0.299. The van der Waals surface area contributed by atoms with E-state index < -0.39 is 0 Å². The van der Waals surface area contributed by atoms with Crippen molar-refractivity contribution in [2.45, 2.75) is 51.6 Å². The van der Waals surface area contributed by atoms with Crippen LogP contribution in [0, 0.1) is 5.92 Å². The summed E-state index contributed by atoms with van der Waals surface area (Å²) in [5.41, 5.74) is 1.76. The Morgan fingerprint density at radius 2 is 2.10 bits per heavy atom. The van der Waals surface area contributed by atoms with E-state index in [9.17, 15) is 4.79 Å². The van der Waals surface area contributed by atoms with Crippen molar-refractivity contribution in [3.8, 4) is 0 Å². The third-order valence-corrected chi connectivity index (χ3v) is 5.13. The summed E-state index contributed by atoms with van der Waals surface area (Å²) in [4.78, 5) is 11.5. The van der Waals surface area contributed by atoms with Gasteiger partial charge in [-0.1, -0.05) is 48.2 Å². The number of ether oxygens (including phenoxy) is 1. The molecule has 0 bridgehead atoms. The van der Waals surface area contributed by atoms with Crippen LogP contribution in [0.4, 0.5) is 0 Å².